The highest BCUT2D eigenvalue weighted by Gasteiger charge is 2.29. The third-order valence-electron chi connectivity index (χ3n) is 7.28. The summed E-state index contributed by atoms with van der Waals surface area (Å²) in [7, 11) is 1.13. The summed E-state index contributed by atoms with van der Waals surface area (Å²) in [5.74, 6) is -4.20. The SMILES string of the molecule is COC(=O)CNC(=O)[C@H](CSC(=O)[C@H](C)NC(=O)OCc1ccccc1)NC(=O)[C@H](CC(C)C)NC(=O)CNC(=O)[C@H](C)NC(=O)OCc1ccccc1. The molecule has 2 aromatic carbocycles. The summed E-state index contributed by atoms with van der Waals surface area (Å²) in [4.78, 5) is 101. The number of hydrogen-bond acceptors (Lipinski definition) is 12. The van der Waals surface area contributed by atoms with Crippen LogP contribution in [-0.4, -0.2) is 97.0 Å². The minimum absolute atomic E-state index is 0.00610. The Labute approximate surface area is 317 Å². The lowest BCUT2D eigenvalue weighted by molar-refractivity contribution is -0.141. The van der Waals surface area contributed by atoms with Gasteiger partial charge in [0.05, 0.1) is 19.7 Å². The fourth-order valence-corrected chi connectivity index (χ4v) is 5.25. The van der Waals surface area contributed by atoms with E-state index < -0.39 is 84.2 Å². The van der Waals surface area contributed by atoms with E-state index in [0.717, 1.165) is 18.2 Å². The van der Waals surface area contributed by atoms with Gasteiger partial charge in [-0.1, -0.05) is 86.3 Å². The van der Waals surface area contributed by atoms with Gasteiger partial charge in [0.15, 0.2) is 0 Å². The number of carbonyl (C=O) groups is 8. The number of methoxy groups -OCH3 is 1. The molecule has 54 heavy (non-hydrogen) atoms. The molecular weight excluding hydrogens is 724 g/mol. The molecule has 294 valence electrons. The van der Waals surface area contributed by atoms with E-state index in [2.05, 4.69) is 36.6 Å². The fraction of sp³-hybridized carbons (Fsp3) is 0.444. The number of amides is 6. The third kappa shape index (κ3) is 17.7. The average Bonchev–Trinajstić information content (AvgIpc) is 3.15. The van der Waals surface area contributed by atoms with E-state index in [4.69, 9.17) is 9.47 Å². The molecule has 18 heteroatoms. The van der Waals surface area contributed by atoms with Crippen LogP contribution >= 0.6 is 11.8 Å². The maximum atomic E-state index is 13.5. The molecule has 0 aliphatic carbocycles. The van der Waals surface area contributed by atoms with E-state index in [9.17, 15) is 38.4 Å². The van der Waals surface area contributed by atoms with Gasteiger partial charge in [-0.05, 0) is 37.3 Å². The van der Waals surface area contributed by atoms with Gasteiger partial charge in [0, 0.05) is 5.75 Å². The second-order valence-electron chi connectivity index (χ2n) is 12.3. The van der Waals surface area contributed by atoms with Crippen molar-refractivity contribution in [3.05, 3.63) is 71.8 Å². The second-order valence-corrected chi connectivity index (χ2v) is 13.3. The largest absolute Gasteiger partial charge is 0.468 e. The molecular formula is C36H48N6O11S. The Bertz CT molecular complexity index is 1580. The quantitative estimate of drug-likeness (QED) is 0.0826. The van der Waals surface area contributed by atoms with Gasteiger partial charge in [-0.2, -0.15) is 0 Å². The predicted octanol–water partition coefficient (Wildman–Crippen LogP) is 1.30. The molecule has 0 aliphatic rings. The van der Waals surface area contributed by atoms with Gasteiger partial charge in [0.25, 0.3) is 0 Å². The summed E-state index contributed by atoms with van der Waals surface area (Å²) in [6.45, 7) is 5.33. The standard InChI is InChI=1S/C36H48N6O11S/c1-22(2)16-27(41-29(43)17-37-31(45)23(3)39-35(49)52-19-25-12-8-6-9-13-25)33(47)42-28(32(46)38-18-30(44)51-5)21-54-34(48)24(4)40-36(50)53-20-26-14-10-7-11-15-26/h6-15,22-24,27-28H,16-21H2,1-5H3,(H,37,45)(H,38,46)(H,39,49)(H,40,50)(H,41,43)(H,42,47)/t23-,24-,27-,28-/m0/s1. The monoisotopic (exact) mass is 772 g/mol. The molecule has 0 fully saturated rings. The molecule has 0 spiro atoms. The normalized spacial score (nSPS) is 12.8. The second kappa shape index (κ2) is 23.8. The number of rotatable bonds is 20. The van der Waals surface area contributed by atoms with Crippen molar-refractivity contribution >= 4 is 58.7 Å². The highest BCUT2D eigenvalue weighted by Crippen LogP contribution is 2.11. The van der Waals surface area contributed by atoms with Crippen LogP contribution in [0.4, 0.5) is 9.59 Å². The summed E-state index contributed by atoms with van der Waals surface area (Å²) in [5, 5.41) is 14.0. The van der Waals surface area contributed by atoms with Gasteiger partial charge in [0.1, 0.15) is 37.9 Å². The van der Waals surface area contributed by atoms with Gasteiger partial charge < -0.3 is 46.1 Å². The molecule has 0 unspecified atom stereocenters. The Morgan fingerprint density at radius 3 is 1.65 bits per heavy atom. The molecule has 2 aromatic rings. The molecule has 0 aliphatic heterocycles. The first-order valence-corrected chi connectivity index (χ1v) is 18.0. The molecule has 2 rings (SSSR count). The van der Waals surface area contributed by atoms with Crippen LogP contribution < -0.4 is 31.9 Å². The van der Waals surface area contributed by atoms with Gasteiger partial charge >= 0.3 is 18.2 Å². The van der Waals surface area contributed by atoms with Crippen LogP contribution in [0.25, 0.3) is 0 Å². The van der Waals surface area contributed by atoms with Gasteiger partial charge in [-0.15, -0.1) is 0 Å². The molecule has 0 saturated carbocycles. The first kappa shape index (κ1) is 44.5. The van der Waals surface area contributed by atoms with E-state index in [1.807, 2.05) is 12.1 Å². The van der Waals surface area contributed by atoms with Crippen LogP contribution in [0.5, 0.6) is 0 Å². The zero-order valence-electron chi connectivity index (χ0n) is 30.8. The maximum Gasteiger partial charge on any atom is 0.408 e. The van der Waals surface area contributed by atoms with Crippen molar-refractivity contribution in [2.24, 2.45) is 5.92 Å². The van der Waals surface area contributed by atoms with Gasteiger partial charge in [0.2, 0.25) is 28.7 Å². The van der Waals surface area contributed by atoms with E-state index >= 15 is 0 Å². The van der Waals surface area contributed by atoms with E-state index in [1.54, 1.807) is 62.4 Å². The van der Waals surface area contributed by atoms with Crippen LogP contribution in [0.15, 0.2) is 60.7 Å². The van der Waals surface area contributed by atoms with Gasteiger partial charge in [-0.25, -0.2) is 9.59 Å². The first-order valence-electron chi connectivity index (χ1n) is 17.0. The van der Waals surface area contributed by atoms with E-state index in [0.29, 0.717) is 11.8 Å². The number of benzene rings is 2. The summed E-state index contributed by atoms with van der Waals surface area (Å²) >= 11 is 0.644. The van der Waals surface area contributed by atoms with Crippen molar-refractivity contribution in [1.29, 1.82) is 0 Å². The number of esters is 1. The van der Waals surface area contributed by atoms with Crippen molar-refractivity contribution in [2.75, 3.05) is 26.0 Å². The van der Waals surface area contributed by atoms with Crippen molar-refractivity contribution in [1.82, 2.24) is 31.9 Å². The van der Waals surface area contributed by atoms with Crippen LogP contribution in [0, 0.1) is 5.92 Å². The third-order valence-corrected chi connectivity index (χ3v) is 8.42. The predicted molar refractivity (Wildman–Crippen MR) is 197 cm³/mol. The molecule has 0 radical (unpaired) electrons. The lowest BCUT2D eigenvalue weighted by Gasteiger charge is -2.24. The summed E-state index contributed by atoms with van der Waals surface area (Å²) in [6.07, 6.45) is -1.54. The molecule has 0 bridgehead atoms. The number of thioether (sulfide) groups is 1. The highest BCUT2D eigenvalue weighted by atomic mass is 32.2. The average molecular weight is 773 g/mol. The molecule has 6 N–H and O–H groups in total. The highest BCUT2D eigenvalue weighted by molar-refractivity contribution is 8.13. The number of carbonyl (C=O) groups excluding carboxylic acids is 8. The maximum absolute atomic E-state index is 13.5. The molecule has 17 nitrogen and oxygen atoms in total. The smallest absolute Gasteiger partial charge is 0.408 e. The Hall–Kier alpha value is -5.65. The van der Waals surface area contributed by atoms with Crippen LogP contribution in [0.3, 0.4) is 0 Å². The van der Waals surface area contributed by atoms with Crippen molar-refractivity contribution in [2.45, 2.75) is 71.5 Å². The van der Waals surface area contributed by atoms with Crippen LogP contribution in [-0.2, 0) is 56.2 Å². The van der Waals surface area contributed by atoms with Crippen molar-refractivity contribution in [3.8, 4) is 0 Å². The Balaban J connectivity index is 1.97. The minimum atomic E-state index is -1.37. The van der Waals surface area contributed by atoms with E-state index in [1.165, 1.54) is 13.8 Å². The number of ether oxygens (including phenoxy) is 3. The molecule has 0 aromatic heterocycles. The summed E-state index contributed by atoms with van der Waals surface area (Å²) in [6, 6.07) is 13.2. The minimum Gasteiger partial charge on any atom is -0.468 e. The van der Waals surface area contributed by atoms with Gasteiger partial charge in [-0.3, -0.25) is 28.8 Å². The molecule has 4 atom stereocenters. The Kier molecular flexibility index (Phi) is 19.6. The lowest BCUT2D eigenvalue weighted by atomic mass is 10.0. The Morgan fingerprint density at radius 2 is 1.13 bits per heavy atom. The number of alkyl carbamates (subject to hydrolysis) is 2. The molecule has 6 amide bonds. The zero-order chi connectivity index (χ0) is 40.0. The lowest BCUT2D eigenvalue weighted by Crippen LogP contribution is -2.56. The molecule has 0 saturated heterocycles. The van der Waals surface area contributed by atoms with Crippen LogP contribution in [0.2, 0.25) is 0 Å². The van der Waals surface area contributed by atoms with Crippen molar-refractivity contribution in [3.63, 3.8) is 0 Å². The Morgan fingerprint density at radius 1 is 0.611 bits per heavy atom. The van der Waals surface area contributed by atoms with E-state index in [-0.39, 0.29) is 31.3 Å². The van der Waals surface area contributed by atoms with Crippen molar-refractivity contribution < 1.29 is 52.6 Å². The molecule has 0 heterocycles. The van der Waals surface area contributed by atoms with Crippen LogP contribution in [0.1, 0.15) is 45.2 Å². The first-order chi connectivity index (χ1) is 25.7. The summed E-state index contributed by atoms with van der Waals surface area (Å²) in [5.41, 5.74) is 1.50. The number of hydrogen-bond donors (Lipinski definition) is 6. The fourth-order valence-electron chi connectivity index (χ4n) is 4.38. The number of nitrogens with one attached hydrogen (secondary N) is 6. The zero-order valence-corrected chi connectivity index (χ0v) is 31.6. The topological polar surface area (TPSA) is 236 Å². The summed E-state index contributed by atoms with van der Waals surface area (Å²) < 4.78 is 14.8.